The van der Waals surface area contributed by atoms with Crippen molar-refractivity contribution < 1.29 is 4.74 Å². The van der Waals surface area contributed by atoms with Gasteiger partial charge in [0.25, 0.3) is 0 Å². The summed E-state index contributed by atoms with van der Waals surface area (Å²) in [4.78, 5) is 2.37. The Bertz CT molecular complexity index is 892. The van der Waals surface area contributed by atoms with Crippen LogP contribution in [0.4, 0.5) is 0 Å². The summed E-state index contributed by atoms with van der Waals surface area (Å²) < 4.78 is 7.76. The van der Waals surface area contributed by atoms with Gasteiger partial charge in [-0.3, -0.25) is 4.90 Å². The molecule has 1 aromatic heterocycles. The first-order valence-electron chi connectivity index (χ1n) is 8.89. The fourth-order valence-electron chi connectivity index (χ4n) is 3.37. The molecule has 0 aliphatic carbocycles. The van der Waals surface area contributed by atoms with E-state index < -0.39 is 0 Å². The lowest BCUT2D eigenvalue weighted by atomic mass is 10.1. The Labute approximate surface area is 159 Å². The zero-order chi connectivity index (χ0) is 17.9. The molecule has 0 fully saturated rings. The van der Waals surface area contributed by atoms with E-state index in [9.17, 15) is 0 Å². The van der Waals surface area contributed by atoms with Crippen molar-refractivity contribution in [3.63, 3.8) is 0 Å². The molecular weight excluding hydrogens is 346 g/mol. The van der Waals surface area contributed by atoms with E-state index in [1.54, 1.807) is 0 Å². The van der Waals surface area contributed by atoms with Crippen molar-refractivity contribution in [2.24, 2.45) is 0 Å². The summed E-state index contributed by atoms with van der Waals surface area (Å²) in [7, 11) is 0. The topological polar surface area (TPSA) is 30.3 Å². The zero-order valence-electron chi connectivity index (χ0n) is 14.9. The average molecular weight is 368 g/mol. The molecule has 0 bridgehead atoms. The van der Waals surface area contributed by atoms with Gasteiger partial charge in [-0.2, -0.15) is 5.10 Å². The zero-order valence-corrected chi connectivity index (χ0v) is 15.6. The number of hydrogen-bond acceptors (Lipinski definition) is 3. The van der Waals surface area contributed by atoms with Crippen LogP contribution in [0.2, 0.25) is 5.15 Å². The first kappa shape index (κ1) is 17.1. The number of aryl methyl sites for hydroxylation is 1. The number of para-hydroxylation sites is 1. The van der Waals surface area contributed by atoms with Gasteiger partial charge < -0.3 is 4.74 Å². The van der Waals surface area contributed by atoms with E-state index in [2.05, 4.69) is 34.3 Å². The minimum atomic E-state index is 0.686. The lowest BCUT2D eigenvalue weighted by Gasteiger charge is -2.19. The SMILES string of the molecule is Cc1nn(Cc2ccccc2)c(Cl)c1CN1CCOc2ccccc2C1. The highest BCUT2D eigenvalue weighted by atomic mass is 35.5. The highest BCUT2D eigenvalue weighted by Crippen LogP contribution is 2.27. The summed E-state index contributed by atoms with van der Waals surface area (Å²) in [5.74, 6) is 0.984. The molecule has 5 heteroatoms. The van der Waals surface area contributed by atoms with Crippen LogP contribution >= 0.6 is 11.6 Å². The molecule has 0 spiro atoms. The summed E-state index contributed by atoms with van der Waals surface area (Å²) >= 11 is 6.68. The van der Waals surface area contributed by atoms with Gasteiger partial charge in [-0.15, -0.1) is 0 Å². The second-order valence-electron chi connectivity index (χ2n) is 6.66. The highest BCUT2D eigenvalue weighted by Gasteiger charge is 2.20. The standard InChI is InChI=1S/C21H22ClN3O/c1-16-19(21(22)25(23-16)13-17-7-3-2-4-8-17)15-24-11-12-26-20-10-6-5-9-18(20)14-24/h2-10H,11-15H2,1H3. The van der Waals surface area contributed by atoms with Crippen LogP contribution in [0.1, 0.15) is 22.4 Å². The van der Waals surface area contributed by atoms with Gasteiger partial charge in [0.2, 0.25) is 0 Å². The minimum absolute atomic E-state index is 0.686. The molecular formula is C21H22ClN3O. The van der Waals surface area contributed by atoms with Crippen molar-refractivity contribution in [3.05, 3.63) is 82.1 Å². The van der Waals surface area contributed by atoms with Crippen molar-refractivity contribution in [3.8, 4) is 5.75 Å². The van der Waals surface area contributed by atoms with E-state index in [4.69, 9.17) is 16.3 Å². The molecule has 0 atom stereocenters. The third-order valence-corrected chi connectivity index (χ3v) is 5.19. The van der Waals surface area contributed by atoms with E-state index in [1.807, 2.05) is 41.9 Å². The van der Waals surface area contributed by atoms with Crippen molar-refractivity contribution >= 4 is 11.6 Å². The Morgan fingerprint density at radius 1 is 1.04 bits per heavy atom. The highest BCUT2D eigenvalue weighted by molar-refractivity contribution is 6.30. The quantitative estimate of drug-likeness (QED) is 0.689. The van der Waals surface area contributed by atoms with Crippen LogP contribution in [0.25, 0.3) is 0 Å². The summed E-state index contributed by atoms with van der Waals surface area (Å²) in [5.41, 5.74) is 4.50. The van der Waals surface area contributed by atoms with Gasteiger partial charge in [-0.1, -0.05) is 60.1 Å². The first-order chi connectivity index (χ1) is 12.7. The van der Waals surface area contributed by atoms with Gasteiger partial charge in [-0.25, -0.2) is 4.68 Å². The Kier molecular flexibility index (Phi) is 4.96. The van der Waals surface area contributed by atoms with Crippen LogP contribution in [0.15, 0.2) is 54.6 Å². The summed E-state index contributed by atoms with van der Waals surface area (Å²) in [6.07, 6.45) is 0. The predicted octanol–water partition coefficient (Wildman–Crippen LogP) is 4.29. The second-order valence-corrected chi connectivity index (χ2v) is 7.02. The largest absolute Gasteiger partial charge is 0.492 e. The second kappa shape index (κ2) is 7.52. The Balaban J connectivity index is 1.53. The van der Waals surface area contributed by atoms with E-state index in [1.165, 1.54) is 11.1 Å². The van der Waals surface area contributed by atoms with Crippen LogP contribution in [0, 0.1) is 6.92 Å². The average Bonchev–Trinajstić information content (AvgIpc) is 2.83. The number of aromatic nitrogens is 2. The number of rotatable bonds is 4. The number of halogens is 1. The van der Waals surface area contributed by atoms with Crippen molar-refractivity contribution in [2.45, 2.75) is 26.6 Å². The maximum Gasteiger partial charge on any atom is 0.132 e. The fraction of sp³-hybridized carbons (Fsp3) is 0.286. The molecule has 1 aliphatic rings. The van der Waals surface area contributed by atoms with E-state index in [0.29, 0.717) is 13.2 Å². The molecule has 0 N–H and O–H groups in total. The number of nitrogens with zero attached hydrogens (tertiary/aromatic N) is 3. The minimum Gasteiger partial charge on any atom is -0.492 e. The lowest BCUT2D eigenvalue weighted by molar-refractivity contribution is 0.219. The fourth-order valence-corrected chi connectivity index (χ4v) is 3.66. The molecule has 26 heavy (non-hydrogen) atoms. The van der Waals surface area contributed by atoms with Gasteiger partial charge in [0.05, 0.1) is 12.2 Å². The third-order valence-electron chi connectivity index (χ3n) is 4.77. The third kappa shape index (κ3) is 3.62. The maximum atomic E-state index is 6.68. The molecule has 3 aromatic rings. The van der Waals surface area contributed by atoms with Crippen molar-refractivity contribution in [1.29, 1.82) is 0 Å². The van der Waals surface area contributed by atoms with Crippen molar-refractivity contribution in [2.75, 3.05) is 13.2 Å². The maximum absolute atomic E-state index is 6.68. The molecule has 4 rings (SSSR count). The monoisotopic (exact) mass is 367 g/mol. The van der Waals surface area contributed by atoms with Crippen LogP contribution in [-0.2, 0) is 19.6 Å². The van der Waals surface area contributed by atoms with Gasteiger partial charge in [0.15, 0.2) is 0 Å². The molecule has 4 nitrogen and oxygen atoms in total. The lowest BCUT2D eigenvalue weighted by Crippen LogP contribution is -2.25. The van der Waals surface area contributed by atoms with Crippen LogP contribution in [0.5, 0.6) is 5.75 Å². The smallest absolute Gasteiger partial charge is 0.132 e. The summed E-state index contributed by atoms with van der Waals surface area (Å²) in [6.45, 7) is 5.91. The number of hydrogen-bond donors (Lipinski definition) is 0. The van der Waals surface area contributed by atoms with Gasteiger partial charge in [0.1, 0.15) is 17.5 Å². The van der Waals surface area contributed by atoms with Gasteiger partial charge in [0, 0.05) is 30.8 Å². The molecule has 0 radical (unpaired) electrons. The Morgan fingerprint density at radius 3 is 2.65 bits per heavy atom. The summed E-state index contributed by atoms with van der Waals surface area (Å²) in [5, 5.41) is 5.39. The van der Waals surface area contributed by atoms with Crippen LogP contribution in [-0.4, -0.2) is 27.8 Å². The van der Waals surface area contributed by atoms with E-state index in [-0.39, 0.29) is 0 Å². The molecule has 1 aliphatic heterocycles. The molecule has 0 unspecified atom stereocenters. The van der Waals surface area contributed by atoms with Crippen molar-refractivity contribution in [1.82, 2.24) is 14.7 Å². The van der Waals surface area contributed by atoms with Gasteiger partial charge >= 0.3 is 0 Å². The molecule has 134 valence electrons. The first-order valence-corrected chi connectivity index (χ1v) is 9.27. The van der Waals surface area contributed by atoms with Crippen LogP contribution < -0.4 is 4.74 Å². The Morgan fingerprint density at radius 2 is 1.81 bits per heavy atom. The predicted molar refractivity (Wildman–Crippen MR) is 104 cm³/mol. The Hall–Kier alpha value is -2.30. The number of benzene rings is 2. The number of fused-ring (bicyclic) bond motifs is 1. The van der Waals surface area contributed by atoms with E-state index in [0.717, 1.165) is 41.8 Å². The number of ether oxygens (including phenoxy) is 1. The molecule has 0 amide bonds. The van der Waals surface area contributed by atoms with Crippen LogP contribution in [0.3, 0.4) is 0 Å². The summed E-state index contributed by atoms with van der Waals surface area (Å²) in [6, 6.07) is 18.5. The molecule has 0 saturated heterocycles. The van der Waals surface area contributed by atoms with E-state index >= 15 is 0 Å². The van der Waals surface area contributed by atoms with Gasteiger partial charge in [-0.05, 0) is 18.6 Å². The molecule has 2 aromatic carbocycles. The molecule has 2 heterocycles. The normalized spacial score (nSPS) is 14.5. The molecule has 0 saturated carbocycles.